The number of pyridine rings is 2. The van der Waals surface area contributed by atoms with Gasteiger partial charge in [0.25, 0.3) is 5.56 Å². The fourth-order valence-corrected chi connectivity index (χ4v) is 3.56. The molecule has 29 heavy (non-hydrogen) atoms. The van der Waals surface area contributed by atoms with E-state index in [1.807, 2.05) is 55.5 Å². The standard InChI is InChI=1S/C21H15ClN6O/c1-13-18(14-5-7-15(22)8-6-14)20-25-24-19-17(28(20)26-13)9-11-27(21(19)29)12-16-4-2-3-10-23-16/h2-11H,12H2,1H3. The highest BCUT2D eigenvalue weighted by Crippen LogP contribution is 2.28. The lowest BCUT2D eigenvalue weighted by atomic mass is 10.1. The zero-order valence-corrected chi connectivity index (χ0v) is 16.2. The van der Waals surface area contributed by atoms with Gasteiger partial charge in [-0.25, -0.2) is 4.52 Å². The predicted octanol–water partition coefficient (Wildman–Crippen LogP) is 3.51. The zero-order valence-electron chi connectivity index (χ0n) is 15.5. The van der Waals surface area contributed by atoms with Crippen molar-refractivity contribution in [3.05, 3.63) is 87.7 Å². The van der Waals surface area contributed by atoms with Crippen LogP contribution in [-0.4, -0.2) is 29.4 Å². The maximum Gasteiger partial charge on any atom is 0.280 e. The second kappa shape index (κ2) is 6.79. The van der Waals surface area contributed by atoms with Crippen molar-refractivity contribution < 1.29 is 0 Å². The van der Waals surface area contributed by atoms with E-state index in [0.717, 1.165) is 22.5 Å². The van der Waals surface area contributed by atoms with Crippen molar-refractivity contribution in [2.45, 2.75) is 13.5 Å². The summed E-state index contributed by atoms with van der Waals surface area (Å²) in [7, 11) is 0. The molecular weight excluding hydrogens is 388 g/mol. The lowest BCUT2D eigenvalue weighted by Gasteiger charge is -2.07. The lowest BCUT2D eigenvalue weighted by molar-refractivity contribution is 0.741. The Labute approximate surface area is 170 Å². The van der Waals surface area contributed by atoms with Crippen LogP contribution in [0.4, 0.5) is 0 Å². The van der Waals surface area contributed by atoms with Gasteiger partial charge < -0.3 is 4.57 Å². The average molecular weight is 403 g/mol. The predicted molar refractivity (Wildman–Crippen MR) is 111 cm³/mol. The van der Waals surface area contributed by atoms with Crippen LogP contribution in [0.3, 0.4) is 0 Å². The molecule has 1 aromatic carbocycles. The van der Waals surface area contributed by atoms with Gasteiger partial charge in [0.2, 0.25) is 0 Å². The Morgan fingerprint density at radius 1 is 1.03 bits per heavy atom. The first-order valence-corrected chi connectivity index (χ1v) is 9.40. The molecule has 0 amide bonds. The SMILES string of the molecule is Cc1nn2c(nnc3c(=O)n(Cc4ccccn4)ccc32)c1-c1ccc(Cl)cc1. The van der Waals surface area contributed by atoms with Gasteiger partial charge in [-0.05, 0) is 42.8 Å². The number of hydrogen-bond donors (Lipinski definition) is 0. The number of hydrogen-bond acceptors (Lipinski definition) is 5. The first-order chi connectivity index (χ1) is 14.1. The Bertz CT molecular complexity index is 1410. The summed E-state index contributed by atoms with van der Waals surface area (Å²) in [5.74, 6) is 0. The third-order valence-electron chi connectivity index (χ3n) is 4.82. The summed E-state index contributed by atoms with van der Waals surface area (Å²) in [4.78, 5) is 17.2. The molecule has 0 aliphatic rings. The van der Waals surface area contributed by atoms with Crippen LogP contribution in [0.1, 0.15) is 11.4 Å². The molecule has 0 fully saturated rings. The Morgan fingerprint density at radius 2 is 1.86 bits per heavy atom. The van der Waals surface area contributed by atoms with Crippen molar-refractivity contribution in [1.29, 1.82) is 0 Å². The van der Waals surface area contributed by atoms with Crippen molar-refractivity contribution in [1.82, 2.24) is 29.4 Å². The van der Waals surface area contributed by atoms with Crippen LogP contribution < -0.4 is 5.56 Å². The normalized spacial score (nSPS) is 11.4. The molecule has 0 spiro atoms. The smallest absolute Gasteiger partial charge is 0.280 e. The third-order valence-corrected chi connectivity index (χ3v) is 5.07. The highest BCUT2D eigenvalue weighted by atomic mass is 35.5. The molecule has 0 saturated carbocycles. The number of benzene rings is 1. The molecule has 142 valence electrons. The van der Waals surface area contributed by atoms with Crippen LogP contribution in [0.25, 0.3) is 27.8 Å². The van der Waals surface area contributed by atoms with E-state index in [4.69, 9.17) is 11.6 Å². The largest absolute Gasteiger partial charge is 0.307 e. The minimum Gasteiger partial charge on any atom is -0.307 e. The summed E-state index contributed by atoms with van der Waals surface area (Å²) in [5.41, 5.74) is 4.65. The minimum atomic E-state index is -0.233. The first kappa shape index (κ1) is 17.5. The summed E-state index contributed by atoms with van der Waals surface area (Å²) in [6.45, 7) is 2.27. The lowest BCUT2D eigenvalue weighted by Crippen LogP contribution is -2.22. The monoisotopic (exact) mass is 402 g/mol. The Morgan fingerprint density at radius 3 is 2.62 bits per heavy atom. The molecule has 0 atom stereocenters. The molecule has 0 radical (unpaired) electrons. The van der Waals surface area contributed by atoms with Gasteiger partial charge in [-0.2, -0.15) is 5.10 Å². The molecule has 0 aliphatic carbocycles. The number of aryl methyl sites for hydroxylation is 1. The molecule has 5 aromatic rings. The average Bonchev–Trinajstić information content (AvgIpc) is 3.08. The Kier molecular flexibility index (Phi) is 4.10. The molecule has 5 rings (SSSR count). The Hall–Kier alpha value is -3.58. The molecular formula is C21H15ClN6O. The third kappa shape index (κ3) is 2.96. The fraction of sp³-hybridized carbons (Fsp3) is 0.0952. The highest BCUT2D eigenvalue weighted by molar-refractivity contribution is 6.30. The van der Waals surface area contributed by atoms with Gasteiger partial charge in [0, 0.05) is 17.4 Å². The molecule has 0 N–H and O–H groups in total. The quantitative estimate of drug-likeness (QED) is 0.461. The second-order valence-electron chi connectivity index (χ2n) is 6.71. The zero-order chi connectivity index (χ0) is 20.0. The second-order valence-corrected chi connectivity index (χ2v) is 7.14. The van der Waals surface area contributed by atoms with E-state index in [1.54, 1.807) is 21.5 Å². The molecule has 0 unspecified atom stereocenters. The molecule has 4 heterocycles. The number of nitrogens with zero attached hydrogens (tertiary/aromatic N) is 6. The van der Waals surface area contributed by atoms with Gasteiger partial charge in [0.1, 0.15) is 5.52 Å². The van der Waals surface area contributed by atoms with Crippen LogP contribution in [-0.2, 0) is 6.54 Å². The van der Waals surface area contributed by atoms with Crippen molar-refractivity contribution in [3.8, 4) is 11.1 Å². The summed E-state index contributed by atoms with van der Waals surface area (Å²) in [5, 5.41) is 13.8. The molecule has 0 aliphatic heterocycles. The van der Waals surface area contributed by atoms with Gasteiger partial charge in [-0.15, -0.1) is 10.2 Å². The number of rotatable bonds is 3. The number of aromatic nitrogens is 6. The van der Waals surface area contributed by atoms with E-state index >= 15 is 0 Å². The van der Waals surface area contributed by atoms with E-state index in [0.29, 0.717) is 22.7 Å². The van der Waals surface area contributed by atoms with E-state index in [-0.39, 0.29) is 11.1 Å². The maximum absolute atomic E-state index is 13.0. The van der Waals surface area contributed by atoms with E-state index < -0.39 is 0 Å². The van der Waals surface area contributed by atoms with Crippen LogP contribution >= 0.6 is 11.6 Å². The summed E-state index contributed by atoms with van der Waals surface area (Å²) < 4.78 is 3.25. The van der Waals surface area contributed by atoms with Crippen LogP contribution in [0.5, 0.6) is 0 Å². The van der Waals surface area contributed by atoms with Crippen molar-refractivity contribution in [2.24, 2.45) is 0 Å². The molecule has 0 saturated heterocycles. The molecule has 0 bridgehead atoms. The Balaban J connectivity index is 1.68. The number of halogens is 1. The highest BCUT2D eigenvalue weighted by Gasteiger charge is 2.17. The van der Waals surface area contributed by atoms with E-state index in [9.17, 15) is 4.79 Å². The van der Waals surface area contributed by atoms with Crippen molar-refractivity contribution in [3.63, 3.8) is 0 Å². The topological polar surface area (TPSA) is 78.0 Å². The van der Waals surface area contributed by atoms with Crippen LogP contribution in [0.15, 0.2) is 65.7 Å². The molecule has 7 nitrogen and oxygen atoms in total. The van der Waals surface area contributed by atoms with E-state index in [2.05, 4.69) is 20.3 Å². The van der Waals surface area contributed by atoms with Crippen molar-refractivity contribution >= 4 is 28.3 Å². The van der Waals surface area contributed by atoms with Gasteiger partial charge in [0.05, 0.1) is 23.5 Å². The van der Waals surface area contributed by atoms with Crippen LogP contribution in [0.2, 0.25) is 5.02 Å². The van der Waals surface area contributed by atoms with Gasteiger partial charge in [0.15, 0.2) is 11.2 Å². The van der Waals surface area contributed by atoms with E-state index in [1.165, 1.54) is 0 Å². The van der Waals surface area contributed by atoms with Crippen LogP contribution in [0, 0.1) is 6.92 Å². The first-order valence-electron chi connectivity index (χ1n) is 9.03. The van der Waals surface area contributed by atoms with Gasteiger partial charge in [-0.3, -0.25) is 9.78 Å². The van der Waals surface area contributed by atoms with Gasteiger partial charge >= 0.3 is 0 Å². The molecule has 4 aromatic heterocycles. The number of fused-ring (bicyclic) bond motifs is 3. The maximum atomic E-state index is 13.0. The summed E-state index contributed by atoms with van der Waals surface area (Å²) in [6.07, 6.45) is 3.44. The summed E-state index contributed by atoms with van der Waals surface area (Å²) in [6, 6.07) is 14.9. The minimum absolute atomic E-state index is 0.233. The van der Waals surface area contributed by atoms with Crippen molar-refractivity contribution in [2.75, 3.05) is 0 Å². The molecule has 8 heteroatoms. The van der Waals surface area contributed by atoms with Gasteiger partial charge in [-0.1, -0.05) is 29.8 Å². The summed E-state index contributed by atoms with van der Waals surface area (Å²) >= 11 is 6.01. The fourth-order valence-electron chi connectivity index (χ4n) is 3.44.